The molecule has 1 atom stereocenters. The zero-order chi connectivity index (χ0) is 14.8. The molecule has 0 aliphatic heterocycles. The van der Waals surface area contributed by atoms with Gasteiger partial charge in [0.1, 0.15) is 4.34 Å². The van der Waals surface area contributed by atoms with Gasteiger partial charge in [0.2, 0.25) is 0 Å². The molecule has 1 aromatic carbocycles. The molecule has 0 bridgehead atoms. The average Bonchev–Trinajstić information content (AvgIpc) is 2.81. The van der Waals surface area contributed by atoms with Crippen LogP contribution in [0, 0.1) is 6.92 Å². The number of nitrogens with two attached hydrogens (primary N) is 1. The third-order valence-corrected chi connectivity index (χ3v) is 4.88. The molecule has 0 aliphatic carbocycles. The van der Waals surface area contributed by atoms with Gasteiger partial charge in [-0.1, -0.05) is 23.9 Å². The Morgan fingerprint density at radius 1 is 1.40 bits per heavy atom. The Morgan fingerprint density at radius 3 is 2.75 bits per heavy atom. The number of thiazole rings is 1. The molecule has 108 valence electrons. The highest BCUT2D eigenvalue weighted by atomic mass is 32.2. The second-order valence-corrected chi connectivity index (χ2v) is 6.42. The second kappa shape index (κ2) is 6.15. The summed E-state index contributed by atoms with van der Waals surface area (Å²) in [7, 11) is 0. The lowest BCUT2D eigenvalue weighted by Crippen LogP contribution is -2.14. The molecule has 7 heteroatoms. The van der Waals surface area contributed by atoms with E-state index in [2.05, 4.69) is 4.98 Å². The second-order valence-electron chi connectivity index (χ2n) is 4.30. The van der Waals surface area contributed by atoms with Crippen LogP contribution in [0.4, 0.5) is 13.2 Å². The summed E-state index contributed by atoms with van der Waals surface area (Å²) in [5.41, 5.74) is 6.71. The van der Waals surface area contributed by atoms with Crippen LogP contribution in [0.1, 0.15) is 22.9 Å². The topological polar surface area (TPSA) is 38.9 Å². The van der Waals surface area contributed by atoms with E-state index >= 15 is 0 Å². The van der Waals surface area contributed by atoms with E-state index in [1.54, 1.807) is 6.07 Å². The maximum absolute atomic E-state index is 12.6. The summed E-state index contributed by atoms with van der Waals surface area (Å²) in [6.07, 6.45) is -4.34. The number of hydrogen-bond donors (Lipinski definition) is 1. The number of alkyl halides is 3. The summed E-state index contributed by atoms with van der Waals surface area (Å²) >= 11 is 2.97. The zero-order valence-corrected chi connectivity index (χ0v) is 12.3. The standard InChI is InChI=1S/C13H13F3N2S2/c1-8-6-19-12(18-8)20-7-11(17)9-3-2-4-10(5-9)13(14,15)16/h2-6,11H,7,17H2,1H3. The van der Waals surface area contributed by atoms with Gasteiger partial charge in [-0.2, -0.15) is 13.2 Å². The lowest BCUT2D eigenvalue weighted by molar-refractivity contribution is -0.137. The van der Waals surface area contributed by atoms with Crippen LogP contribution >= 0.6 is 23.1 Å². The number of hydrogen-bond acceptors (Lipinski definition) is 4. The molecule has 1 heterocycles. The van der Waals surface area contributed by atoms with Crippen molar-refractivity contribution in [1.82, 2.24) is 4.98 Å². The summed E-state index contributed by atoms with van der Waals surface area (Å²) in [5.74, 6) is 0.494. The van der Waals surface area contributed by atoms with Gasteiger partial charge in [-0.3, -0.25) is 0 Å². The Labute approximate surface area is 123 Å². The van der Waals surface area contributed by atoms with Crippen LogP contribution < -0.4 is 5.73 Å². The molecule has 2 nitrogen and oxygen atoms in total. The van der Waals surface area contributed by atoms with E-state index in [-0.39, 0.29) is 0 Å². The van der Waals surface area contributed by atoms with Crippen molar-refractivity contribution < 1.29 is 13.2 Å². The quantitative estimate of drug-likeness (QED) is 0.856. The minimum Gasteiger partial charge on any atom is -0.323 e. The van der Waals surface area contributed by atoms with E-state index in [0.717, 1.165) is 22.2 Å². The third kappa shape index (κ3) is 3.97. The molecule has 1 aromatic heterocycles. The summed E-state index contributed by atoms with van der Waals surface area (Å²) in [4.78, 5) is 4.28. The average molecular weight is 318 g/mol. The number of nitrogens with zero attached hydrogens (tertiary/aromatic N) is 1. The summed E-state index contributed by atoms with van der Waals surface area (Å²) in [5, 5.41) is 1.93. The molecule has 20 heavy (non-hydrogen) atoms. The van der Waals surface area contributed by atoms with E-state index in [4.69, 9.17) is 5.73 Å². The first kappa shape index (κ1) is 15.3. The zero-order valence-electron chi connectivity index (χ0n) is 10.6. The first-order valence-electron chi connectivity index (χ1n) is 5.84. The minimum absolute atomic E-state index is 0.452. The van der Waals surface area contributed by atoms with E-state index in [0.29, 0.717) is 11.3 Å². The van der Waals surface area contributed by atoms with Crippen LogP contribution in [0.3, 0.4) is 0 Å². The van der Waals surface area contributed by atoms with Gasteiger partial charge in [-0.05, 0) is 24.6 Å². The predicted molar refractivity (Wildman–Crippen MR) is 75.9 cm³/mol. The number of rotatable bonds is 4. The Morgan fingerprint density at radius 2 is 2.15 bits per heavy atom. The Balaban J connectivity index is 2.03. The van der Waals surface area contributed by atoms with Crippen molar-refractivity contribution in [3.63, 3.8) is 0 Å². The van der Waals surface area contributed by atoms with Crippen LogP contribution in [-0.4, -0.2) is 10.7 Å². The van der Waals surface area contributed by atoms with E-state index in [9.17, 15) is 13.2 Å². The van der Waals surface area contributed by atoms with Gasteiger partial charge in [0, 0.05) is 22.9 Å². The van der Waals surface area contributed by atoms with Crippen LogP contribution in [0.25, 0.3) is 0 Å². The molecule has 1 unspecified atom stereocenters. The van der Waals surface area contributed by atoms with Crippen LogP contribution in [0.15, 0.2) is 34.0 Å². The van der Waals surface area contributed by atoms with Crippen molar-refractivity contribution in [1.29, 1.82) is 0 Å². The van der Waals surface area contributed by atoms with Crippen LogP contribution in [0.5, 0.6) is 0 Å². The Hall–Kier alpha value is -1.05. The molecule has 0 saturated heterocycles. The van der Waals surface area contributed by atoms with E-state index < -0.39 is 17.8 Å². The smallest absolute Gasteiger partial charge is 0.323 e. The fourth-order valence-corrected chi connectivity index (χ4v) is 3.47. The number of benzene rings is 1. The number of thioether (sulfide) groups is 1. The van der Waals surface area contributed by atoms with E-state index in [1.807, 2.05) is 12.3 Å². The van der Waals surface area contributed by atoms with E-state index in [1.165, 1.54) is 29.2 Å². The SMILES string of the molecule is Cc1csc(SCC(N)c2cccc(C(F)(F)F)c2)n1. The normalized spacial score (nSPS) is 13.4. The number of aryl methyl sites for hydroxylation is 1. The summed E-state index contributed by atoms with van der Waals surface area (Å²) in [6, 6.07) is 4.71. The fourth-order valence-electron chi connectivity index (χ4n) is 1.60. The maximum atomic E-state index is 12.6. The van der Waals surface area contributed by atoms with Crippen molar-refractivity contribution in [3.8, 4) is 0 Å². The van der Waals surface area contributed by atoms with Crippen molar-refractivity contribution >= 4 is 23.1 Å². The fraction of sp³-hybridized carbons (Fsp3) is 0.308. The molecule has 2 aromatic rings. The van der Waals surface area contributed by atoms with Gasteiger partial charge in [0.15, 0.2) is 0 Å². The molecule has 2 rings (SSSR count). The monoisotopic (exact) mass is 318 g/mol. The predicted octanol–water partition coefficient (Wildman–Crippen LogP) is 4.26. The molecule has 0 radical (unpaired) electrons. The van der Waals surface area contributed by atoms with Crippen LogP contribution in [-0.2, 0) is 6.18 Å². The molecular weight excluding hydrogens is 305 g/mol. The first-order valence-corrected chi connectivity index (χ1v) is 7.70. The largest absolute Gasteiger partial charge is 0.416 e. The molecule has 0 fully saturated rings. The third-order valence-electron chi connectivity index (χ3n) is 2.63. The number of halogens is 3. The van der Waals surface area contributed by atoms with Crippen molar-refractivity contribution in [2.45, 2.75) is 23.5 Å². The lowest BCUT2D eigenvalue weighted by Gasteiger charge is -2.13. The van der Waals surface area contributed by atoms with Gasteiger partial charge in [-0.25, -0.2) is 4.98 Å². The lowest BCUT2D eigenvalue weighted by atomic mass is 10.1. The van der Waals surface area contributed by atoms with Gasteiger partial charge in [0.25, 0.3) is 0 Å². The summed E-state index contributed by atoms with van der Waals surface area (Å²) < 4.78 is 38.8. The van der Waals surface area contributed by atoms with Gasteiger partial charge < -0.3 is 5.73 Å². The highest BCUT2D eigenvalue weighted by molar-refractivity contribution is 8.01. The molecule has 0 amide bonds. The van der Waals surface area contributed by atoms with Gasteiger partial charge >= 0.3 is 6.18 Å². The molecule has 0 saturated carbocycles. The van der Waals surface area contributed by atoms with Crippen LogP contribution in [0.2, 0.25) is 0 Å². The Bertz CT molecular complexity index is 581. The van der Waals surface area contributed by atoms with Gasteiger partial charge in [-0.15, -0.1) is 11.3 Å². The minimum atomic E-state index is -4.34. The van der Waals surface area contributed by atoms with Crippen molar-refractivity contribution in [2.75, 3.05) is 5.75 Å². The van der Waals surface area contributed by atoms with Crippen molar-refractivity contribution in [2.24, 2.45) is 5.73 Å². The highest BCUT2D eigenvalue weighted by Crippen LogP contribution is 2.32. The maximum Gasteiger partial charge on any atom is 0.416 e. The van der Waals surface area contributed by atoms with Gasteiger partial charge in [0.05, 0.1) is 5.56 Å². The Kier molecular flexibility index (Phi) is 4.72. The summed E-state index contributed by atoms with van der Waals surface area (Å²) in [6.45, 7) is 1.90. The molecule has 0 aliphatic rings. The number of aromatic nitrogens is 1. The van der Waals surface area contributed by atoms with Crippen molar-refractivity contribution in [3.05, 3.63) is 46.5 Å². The molecule has 2 N–H and O–H groups in total. The molecular formula is C13H13F3N2S2. The highest BCUT2D eigenvalue weighted by Gasteiger charge is 2.30. The first-order chi connectivity index (χ1) is 9.36. The molecule has 0 spiro atoms.